The molecule has 6 heteroatoms. The van der Waals surface area contributed by atoms with Gasteiger partial charge >= 0.3 is 0 Å². The lowest BCUT2D eigenvalue weighted by atomic mass is 9.99. The highest BCUT2D eigenvalue weighted by Gasteiger charge is 2.16. The summed E-state index contributed by atoms with van der Waals surface area (Å²) in [5, 5.41) is 0.350. The molecule has 0 aliphatic carbocycles. The fraction of sp³-hybridized carbons (Fsp3) is 0.143. The van der Waals surface area contributed by atoms with E-state index in [2.05, 4.69) is 5.43 Å². The molecule has 20 heavy (non-hydrogen) atoms. The van der Waals surface area contributed by atoms with Crippen molar-refractivity contribution < 1.29 is 8.78 Å². The van der Waals surface area contributed by atoms with Gasteiger partial charge in [-0.25, -0.2) is 8.78 Å². The van der Waals surface area contributed by atoms with Gasteiger partial charge in [-0.1, -0.05) is 35.3 Å². The Morgan fingerprint density at radius 3 is 2.40 bits per heavy atom. The number of halogens is 4. The van der Waals surface area contributed by atoms with E-state index in [0.717, 1.165) is 0 Å². The second-order valence-electron chi connectivity index (χ2n) is 4.34. The van der Waals surface area contributed by atoms with Crippen molar-refractivity contribution in [3.8, 4) is 0 Å². The lowest BCUT2D eigenvalue weighted by Gasteiger charge is -2.17. The van der Waals surface area contributed by atoms with Crippen molar-refractivity contribution in [2.24, 2.45) is 5.84 Å². The molecule has 0 bridgehead atoms. The van der Waals surface area contributed by atoms with E-state index >= 15 is 0 Å². The maximum absolute atomic E-state index is 13.9. The number of hydrogen-bond acceptors (Lipinski definition) is 2. The summed E-state index contributed by atoms with van der Waals surface area (Å²) in [5.74, 6) is 4.48. The van der Waals surface area contributed by atoms with Crippen molar-refractivity contribution in [2.75, 3.05) is 0 Å². The molecule has 2 rings (SSSR count). The van der Waals surface area contributed by atoms with Crippen LogP contribution in [0.1, 0.15) is 17.2 Å². The minimum atomic E-state index is -0.517. The third-order valence-corrected chi connectivity index (χ3v) is 3.50. The smallest absolute Gasteiger partial charge is 0.142 e. The summed E-state index contributed by atoms with van der Waals surface area (Å²) in [4.78, 5) is 0. The number of hydrazine groups is 1. The summed E-state index contributed by atoms with van der Waals surface area (Å²) >= 11 is 11.3. The zero-order valence-corrected chi connectivity index (χ0v) is 11.8. The summed E-state index contributed by atoms with van der Waals surface area (Å²) in [6.07, 6.45) is 0.323. The minimum absolute atomic E-state index is 0.0451. The van der Waals surface area contributed by atoms with Crippen molar-refractivity contribution in [2.45, 2.75) is 12.5 Å². The van der Waals surface area contributed by atoms with Crippen LogP contribution in [0.3, 0.4) is 0 Å². The molecular weight excluding hydrogens is 305 g/mol. The predicted octanol–water partition coefficient (Wildman–Crippen LogP) is 4.02. The maximum Gasteiger partial charge on any atom is 0.142 e. The second-order valence-corrected chi connectivity index (χ2v) is 5.18. The Balaban J connectivity index is 2.26. The Bertz CT molecular complexity index is 620. The molecule has 1 unspecified atom stereocenters. The zero-order valence-electron chi connectivity index (χ0n) is 10.3. The van der Waals surface area contributed by atoms with Gasteiger partial charge in [-0.2, -0.15) is 0 Å². The van der Waals surface area contributed by atoms with E-state index in [1.807, 2.05) is 0 Å². The second kappa shape index (κ2) is 6.50. The van der Waals surface area contributed by atoms with Gasteiger partial charge in [0.05, 0.1) is 11.1 Å². The van der Waals surface area contributed by atoms with E-state index in [1.54, 1.807) is 18.2 Å². The fourth-order valence-electron chi connectivity index (χ4n) is 1.95. The van der Waals surface area contributed by atoms with Gasteiger partial charge in [0.15, 0.2) is 0 Å². The van der Waals surface area contributed by atoms with E-state index in [-0.39, 0.29) is 5.02 Å². The monoisotopic (exact) mass is 316 g/mol. The van der Waals surface area contributed by atoms with Crippen molar-refractivity contribution in [3.05, 3.63) is 69.2 Å². The summed E-state index contributed by atoms with van der Waals surface area (Å²) in [7, 11) is 0. The first-order valence-electron chi connectivity index (χ1n) is 5.86. The lowest BCUT2D eigenvalue weighted by Crippen LogP contribution is -2.30. The van der Waals surface area contributed by atoms with Crippen molar-refractivity contribution in [1.29, 1.82) is 0 Å². The van der Waals surface area contributed by atoms with Crippen molar-refractivity contribution in [3.63, 3.8) is 0 Å². The molecule has 2 nitrogen and oxygen atoms in total. The topological polar surface area (TPSA) is 38.0 Å². The molecule has 1 atom stereocenters. The van der Waals surface area contributed by atoms with Gasteiger partial charge in [0.2, 0.25) is 0 Å². The first-order chi connectivity index (χ1) is 9.51. The molecule has 2 aromatic rings. The molecular formula is C14H12Cl2F2N2. The molecule has 2 aromatic carbocycles. The highest BCUT2D eigenvalue weighted by molar-refractivity contribution is 6.30. The summed E-state index contributed by atoms with van der Waals surface area (Å²) in [5.41, 5.74) is 3.55. The predicted molar refractivity (Wildman–Crippen MR) is 76.6 cm³/mol. The van der Waals surface area contributed by atoms with Gasteiger partial charge in [-0.05, 0) is 36.2 Å². The maximum atomic E-state index is 13.9. The van der Waals surface area contributed by atoms with Crippen LogP contribution in [0.2, 0.25) is 10.0 Å². The van der Waals surface area contributed by atoms with Crippen molar-refractivity contribution >= 4 is 23.2 Å². The SMILES string of the molecule is NNC(Cc1ccc(Cl)c(F)c1)c1ccc(Cl)cc1F. The molecule has 0 amide bonds. The molecule has 0 fully saturated rings. The highest BCUT2D eigenvalue weighted by Crippen LogP contribution is 2.25. The van der Waals surface area contributed by atoms with E-state index in [1.165, 1.54) is 18.2 Å². The van der Waals surface area contributed by atoms with Crippen LogP contribution in [0.5, 0.6) is 0 Å². The Kier molecular flexibility index (Phi) is 4.94. The van der Waals surface area contributed by atoms with Crippen molar-refractivity contribution in [1.82, 2.24) is 5.43 Å². The van der Waals surface area contributed by atoms with Gasteiger partial charge in [0, 0.05) is 10.6 Å². The minimum Gasteiger partial charge on any atom is -0.271 e. The van der Waals surface area contributed by atoms with Gasteiger partial charge in [0.25, 0.3) is 0 Å². The number of rotatable bonds is 4. The standard InChI is InChI=1S/C14H12Cl2F2N2/c15-9-2-3-10(12(17)7-9)14(20-19)6-8-1-4-11(16)13(18)5-8/h1-5,7,14,20H,6,19H2. The molecule has 3 N–H and O–H groups in total. The Morgan fingerprint density at radius 1 is 1.05 bits per heavy atom. The van der Waals surface area contributed by atoms with E-state index in [9.17, 15) is 8.78 Å². The fourth-order valence-corrected chi connectivity index (χ4v) is 2.22. The van der Waals surface area contributed by atoms with Gasteiger partial charge in [-0.3, -0.25) is 11.3 Å². The lowest BCUT2D eigenvalue weighted by molar-refractivity contribution is 0.509. The molecule has 0 saturated heterocycles. The van der Waals surface area contributed by atoms with E-state index in [4.69, 9.17) is 29.0 Å². The number of nitrogens with two attached hydrogens (primary N) is 1. The number of benzene rings is 2. The first kappa shape index (κ1) is 15.2. The molecule has 0 radical (unpaired) electrons. The van der Waals surface area contributed by atoms with E-state index in [0.29, 0.717) is 22.6 Å². The van der Waals surface area contributed by atoms with Crippen LogP contribution >= 0.6 is 23.2 Å². The number of nitrogens with one attached hydrogen (secondary N) is 1. The number of hydrogen-bond donors (Lipinski definition) is 2. The highest BCUT2D eigenvalue weighted by atomic mass is 35.5. The van der Waals surface area contributed by atoms with Crippen LogP contribution in [0.25, 0.3) is 0 Å². The average Bonchev–Trinajstić information content (AvgIpc) is 2.41. The summed E-state index contributed by atoms with van der Waals surface area (Å²) in [6, 6.07) is 8.28. The zero-order chi connectivity index (χ0) is 14.7. The average molecular weight is 317 g/mol. The van der Waals surface area contributed by atoms with Crippen LogP contribution in [0.15, 0.2) is 36.4 Å². The first-order valence-corrected chi connectivity index (χ1v) is 6.62. The van der Waals surface area contributed by atoms with Gasteiger partial charge < -0.3 is 0 Å². The van der Waals surface area contributed by atoms with Crippen LogP contribution in [0.4, 0.5) is 8.78 Å². The third kappa shape index (κ3) is 3.46. The Hall–Kier alpha value is -1.20. The van der Waals surface area contributed by atoms with E-state index < -0.39 is 17.7 Å². The Labute approximate surface area is 125 Å². The van der Waals surface area contributed by atoms with Crippen LogP contribution in [0, 0.1) is 11.6 Å². The quantitative estimate of drug-likeness (QED) is 0.660. The molecule has 0 aliphatic rings. The molecule has 106 valence electrons. The van der Waals surface area contributed by atoms with Gasteiger partial charge in [-0.15, -0.1) is 0 Å². The summed E-state index contributed by atoms with van der Waals surface area (Å²) in [6.45, 7) is 0. The molecule has 0 aliphatic heterocycles. The van der Waals surface area contributed by atoms with Crippen LogP contribution in [-0.4, -0.2) is 0 Å². The van der Waals surface area contributed by atoms with Crippen LogP contribution in [-0.2, 0) is 6.42 Å². The normalized spacial score (nSPS) is 12.4. The molecule has 0 heterocycles. The largest absolute Gasteiger partial charge is 0.271 e. The Morgan fingerprint density at radius 2 is 1.80 bits per heavy atom. The van der Waals surface area contributed by atoms with Crippen LogP contribution < -0.4 is 11.3 Å². The molecule has 0 saturated carbocycles. The third-order valence-electron chi connectivity index (χ3n) is 2.96. The van der Waals surface area contributed by atoms with Gasteiger partial charge in [0.1, 0.15) is 11.6 Å². The molecule has 0 aromatic heterocycles. The summed E-state index contributed by atoms with van der Waals surface area (Å²) < 4.78 is 27.3. The molecule has 0 spiro atoms.